The first-order valence-corrected chi connectivity index (χ1v) is 8.50. The van der Waals surface area contributed by atoms with Gasteiger partial charge in [0.1, 0.15) is 11.3 Å². The van der Waals surface area contributed by atoms with E-state index in [0.717, 1.165) is 17.8 Å². The molecule has 0 bridgehead atoms. The molecule has 1 N–H and O–H groups in total. The molecule has 3 heterocycles. The molecule has 148 valence electrons. The molecule has 0 unspecified atom stereocenters. The van der Waals surface area contributed by atoms with Crippen molar-refractivity contribution in [3.8, 4) is 11.3 Å². The molecule has 1 aromatic carbocycles. The second kappa shape index (κ2) is 6.73. The number of carbonyl (C=O) groups is 1. The van der Waals surface area contributed by atoms with Crippen LogP contribution in [0.2, 0.25) is 0 Å². The maximum Gasteiger partial charge on any atom is 0.433 e. The quantitative estimate of drug-likeness (QED) is 0.554. The maximum absolute atomic E-state index is 13.6. The highest BCUT2D eigenvalue weighted by atomic mass is 19.4. The molecule has 29 heavy (non-hydrogen) atoms. The second-order valence-corrected chi connectivity index (χ2v) is 6.46. The van der Waals surface area contributed by atoms with Gasteiger partial charge in [0.05, 0.1) is 11.9 Å². The van der Waals surface area contributed by atoms with E-state index in [9.17, 15) is 18.0 Å². The number of alkyl halides is 3. The first-order chi connectivity index (χ1) is 13.7. The molecule has 4 aromatic rings. The average Bonchev–Trinajstić information content (AvgIpc) is 3.26. The van der Waals surface area contributed by atoms with Gasteiger partial charge < -0.3 is 9.84 Å². The van der Waals surface area contributed by atoms with Crippen molar-refractivity contribution >= 4 is 17.4 Å². The molecule has 0 aliphatic heterocycles. The van der Waals surface area contributed by atoms with Crippen molar-refractivity contribution in [3.05, 3.63) is 65.2 Å². The van der Waals surface area contributed by atoms with Crippen molar-refractivity contribution in [1.82, 2.24) is 19.8 Å². The fourth-order valence-corrected chi connectivity index (χ4v) is 2.81. The Morgan fingerprint density at radius 3 is 2.48 bits per heavy atom. The molecular weight excluding hydrogens is 387 g/mol. The lowest BCUT2D eigenvalue weighted by Gasteiger charge is -2.11. The van der Waals surface area contributed by atoms with Crippen molar-refractivity contribution in [1.29, 1.82) is 0 Å². The highest BCUT2D eigenvalue weighted by Crippen LogP contribution is 2.33. The van der Waals surface area contributed by atoms with Crippen molar-refractivity contribution < 1.29 is 22.5 Å². The van der Waals surface area contributed by atoms with Crippen molar-refractivity contribution in [2.24, 2.45) is 0 Å². The number of fused-ring (bicyclic) bond motifs is 1. The van der Waals surface area contributed by atoms with Crippen LogP contribution in [-0.2, 0) is 6.18 Å². The van der Waals surface area contributed by atoms with Gasteiger partial charge in [0.2, 0.25) is 0 Å². The van der Waals surface area contributed by atoms with Gasteiger partial charge in [-0.25, -0.2) is 9.50 Å². The Balaban J connectivity index is 1.85. The topological polar surface area (TPSA) is 85.3 Å². The predicted molar refractivity (Wildman–Crippen MR) is 97.4 cm³/mol. The van der Waals surface area contributed by atoms with Crippen LogP contribution in [0, 0.1) is 13.8 Å². The fourth-order valence-electron chi connectivity index (χ4n) is 2.81. The van der Waals surface area contributed by atoms with Crippen molar-refractivity contribution in [3.63, 3.8) is 0 Å². The van der Waals surface area contributed by atoms with E-state index < -0.39 is 17.8 Å². The Hall–Kier alpha value is -3.69. The van der Waals surface area contributed by atoms with Crippen LogP contribution >= 0.6 is 0 Å². The van der Waals surface area contributed by atoms with Gasteiger partial charge in [-0.15, -0.1) is 0 Å². The van der Waals surface area contributed by atoms with Gasteiger partial charge in [0, 0.05) is 11.6 Å². The molecule has 3 aromatic heterocycles. The number of nitrogens with zero attached hydrogens (tertiary/aromatic N) is 4. The van der Waals surface area contributed by atoms with Gasteiger partial charge >= 0.3 is 6.18 Å². The summed E-state index contributed by atoms with van der Waals surface area (Å²) in [5.41, 5.74) is 0.158. The zero-order valence-corrected chi connectivity index (χ0v) is 15.3. The summed E-state index contributed by atoms with van der Waals surface area (Å²) in [6.45, 7) is 3.51. The number of hydrogen-bond donors (Lipinski definition) is 1. The fraction of sp³-hybridized carbons (Fsp3) is 0.158. The van der Waals surface area contributed by atoms with Crippen molar-refractivity contribution in [2.75, 3.05) is 5.32 Å². The van der Waals surface area contributed by atoms with Gasteiger partial charge in [0.15, 0.2) is 17.2 Å². The number of anilines is 1. The molecule has 0 saturated heterocycles. The van der Waals surface area contributed by atoms with Crippen LogP contribution in [0.15, 0.2) is 47.1 Å². The van der Waals surface area contributed by atoms with E-state index in [2.05, 4.69) is 20.6 Å². The number of carbonyl (C=O) groups excluding carboxylic acids is 1. The first kappa shape index (κ1) is 18.7. The molecule has 0 atom stereocenters. The third-order valence-corrected chi connectivity index (χ3v) is 4.22. The Kier molecular flexibility index (Phi) is 4.33. The minimum atomic E-state index is -4.69. The molecular formula is C19H14F3N5O2. The van der Waals surface area contributed by atoms with Crippen LogP contribution in [0.4, 0.5) is 19.0 Å². The lowest BCUT2D eigenvalue weighted by atomic mass is 10.1. The number of nitrogens with one attached hydrogen (secondary N) is 1. The summed E-state index contributed by atoms with van der Waals surface area (Å²) < 4.78 is 46.4. The highest BCUT2D eigenvalue weighted by Gasteiger charge is 2.36. The normalized spacial score (nSPS) is 11.8. The smallest absolute Gasteiger partial charge is 0.360 e. The Labute approximate surface area is 162 Å². The van der Waals surface area contributed by atoms with Gasteiger partial charge in [-0.1, -0.05) is 35.0 Å². The Morgan fingerprint density at radius 2 is 1.86 bits per heavy atom. The van der Waals surface area contributed by atoms with Crippen LogP contribution in [0.25, 0.3) is 16.9 Å². The van der Waals surface area contributed by atoms with Crippen LogP contribution in [0.5, 0.6) is 0 Å². The van der Waals surface area contributed by atoms with Gasteiger partial charge in [-0.05, 0) is 19.9 Å². The van der Waals surface area contributed by atoms with E-state index in [1.807, 2.05) is 6.92 Å². The van der Waals surface area contributed by atoms with Gasteiger partial charge in [-0.2, -0.15) is 18.3 Å². The van der Waals surface area contributed by atoms with E-state index in [1.54, 1.807) is 31.2 Å². The largest absolute Gasteiger partial charge is 0.433 e. The Bertz CT molecular complexity index is 1210. The van der Waals surface area contributed by atoms with Gasteiger partial charge in [-0.3, -0.25) is 4.79 Å². The molecule has 0 spiro atoms. The third-order valence-electron chi connectivity index (χ3n) is 4.22. The molecule has 0 saturated carbocycles. The zero-order valence-electron chi connectivity index (χ0n) is 15.3. The number of halogens is 3. The van der Waals surface area contributed by atoms with Crippen LogP contribution < -0.4 is 5.32 Å². The monoisotopic (exact) mass is 401 g/mol. The third kappa shape index (κ3) is 3.56. The summed E-state index contributed by atoms with van der Waals surface area (Å²) in [6, 6.07) is 9.27. The predicted octanol–water partition coefficient (Wildman–Crippen LogP) is 4.27. The number of hydrogen-bond acceptors (Lipinski definition) is 5. The summed E-state index contributed by atoms with van der Waals surface area (Å²) in [6.07, 6.45) is -3.65. The number of aromatic nitrogens is 4. The van der Waals surface area contributed by atoms with E-state index >= 15 is 0 Å². The lowest BCUT2D eigenvalue weighted by molar-refractivity contribution is -0.142. The van der Waals surface area contributed by atoms with Gasteiger partial charge in [0.25, 0.3) is 5.91 Å². The maximum atomic E-state index is 13.6. The lowest BCUT2D eigenvalue weighted by Crippen LogP contribution is -2.16. The van der Waals surface area contributed by atoms with Crippen LogP contribution in [-0.4, -0.2) is 25.7 Å². The first-order valence-electron chi connectivity index (χ1n) is 8.50. The standard InChI is InChI=1S/C19H14F3N5O2/c1-10-3-5-12(6-4-10)14-8-15(19(20,21)22)27-17(24-14)13(9-23-27)18(28)25-16-7-11(2)29-26-16/h3-9H,1-2H3,(H,25,26,28). The summed E-state index contributed by atoms with van der Waals surface area (Å²) in [4.78, 5) is 16.9. The van der Waals surface area contributed by atoms with Crippen LogP contribution in [0.3, 0.4) is 0 Å². The number of amides is 1. The summed E-state index contributed by atoms with van der Waals surface area (Å²) in [5, 5.41) is 9.84. The Morgan fingerprint density at radius 1 is 1.14 bits per heavy atom. The van der Waals surface area contributed by atoms with E-state index in [-0.39, 0.29) is 22.7 Å². The van der Waals surface area contributed by atoms with E-state index in [4.69, 9.17) is 4.52 Å². The highest BCUT2D eigenvalue weighted by molar-refractivity contribution is 6.07. The summed E-state index contributed by atoms with van der Waals surface area (Å²) in [5.74, 6) is -0.0909. The average molecular weight is 401 g/mol. The molecule has 0 aliphatic carbocycles. The molecule has 1 amide bonds. The molecule has 4 rings (SSSR count). The van der Waals surface area contributed by atoms with E-state index in [1.165, 1.54) is 6.07 Å². The number of rotatable bonds is 3. The minimum absolute atomic E-state index is 0.0802. The molecule has 10 heteroatoms. The van der Waals surface area contributed by atoms with Crippen LogP contribution in [0.1, 0.15) is 27.4 Å². The SMILES string of the molecule is Cc1ccc(-c2cc(C(F)(F)F)n3ncc(C(=O)Nc4cc(C)on4)c3n2)cc1. The van der Waals surface area contributed by atoms with Crippen molar-refractivity contribution in [2.45, 2.75) is 20.0 Å². The molecule has 0 radical (unpaired) electrons. The molecule has 0 aliphatic rings. The summed E-state index contributed by atoms with van der Waals surface area (Å²) >= 11 is 0. The summed E-state index contributed by atoms with van der Waals surface area (Å²) in [7, 11) is 0. The van der Waals surface area contributed by atoms with E-state index in [0.29, 0.717) is 15.8 Å². The minimum Gasteiger partial charge on any atom is -0.360 e. The zero-order chi connectivity index (χ0) is 20.8. The second-order valence-electron chi connectivity index (χ2n) is 6.46. The molecule has 7 nitrogen and oxygen atoms in total. The molecule has 0 fully saturated rings. The number of benzene rings is 1. The number of aryl methyl sites for hydroxylation is 2.